The van der Waals surface area contributed by atoms with Gasteiger partial charge in [0.25, 0.3) is 0 Å². The van der Waals surface area contributed by atoms with E-state index in [0.717, 1.165) is 12.1 Å². The highest BCUT2D eigenvalue weighted by Crippen LogP contribution is 2.21. The number of rotatable bonds is 1. The van der Waals surface area contributed by atoms with Crippen LogP contribution in [0.1, 0.15) is 0 Å². The van der Waals surface area contributed by atoms with Gasteiger partial charge in [-0.05, 0) is 24.3 Å². The normalized spacial score (nSPS) is 10.3. The summed E-state index contributed by atoms with van der Waals surface area (Å²) in [5, 5.41) is 7.21. The third kappa shape index (κ3) is 1.81. The van der Waals surface area contributed by atoms with Crippen LogP contribution in [-0.4, -0.2) is 10.2 Å². The summed E-state index contributed by atoms with van der Waals surface area (Å²) in [6.07, 6.45) is 1.43. The standard InChI is InChI=1S/C10H5F3N2/c11-7-4-6(5-8(12)10(7)13)9-2-1-3-14-15-9/h1-5H. The van der Waals surface area contributed by atoms with Crippen molar-refractivity contribution >= 4 is 0 Å². The summed E-state index contributed by atoms with van der Waals surface area (Å²) >= 11 is 0. The molecule has 0 atom stereocenters. The van der Waals surface area contributed by atoms with Crippen LogP contribution in [0.5, 0.6) is 0 Å². The molecule has 0 unspecified atom stereocenters. The Bertz CT molecular complexity index is 462. The van der Waals surface area contributed by atoms with Crippen molar-refractivity contribution in [2.45, 2.75) is 0 Å². The first kappa shape index (κ1) is 9.64. The van der Waals surface area contributed by atoms with E-state index in [2.05, 4.69) is 10.2 Å². The van der Waals surface area contributed by atoms with Crippen molar-refractivity contribution in [3.63, 3.8) is 0 Å². The maximum absolute atomic E-state index is 12.9. The average Bonchev–Trinajstić information content (AvgIpc) is 2.26. The minimum absolute atomic E-state index is 0.152. The van der Waals surface area contributed by atoms with E-state index in [-0.39, 0.29) is 11.3 Å². The predicted molar refractivity (Wildman–Crippen MR) is 47.3 cm³/mol. The van der Waals surface area contributed by atoms with Crippen LogP contribution >= 0.6 is 0 Å². The van der Waals surface area contributed by atoms with Crippen LogP contribution in [0.15, 0.2) is 30.5 Å². The van der Waals surface area contributed by atoms with E-state index in [1.807, 2.05) is 0 Å². The SMILES string of the molecule is Fc1cc(-c2cccnn2)cc(F)c1F. The van der Waals surface area contributed by atoms with Gasteiger partial charge >= 0.3 is 0 Å². The summed E-state index contributed by atoms with van der Waals surface area (Å²) in [6.45, 7) is 0. The summed E-state index contributed by atoms with van der Waals surface area (Å²) < 4.78 is 38.4. The lowest BCUT2D eigenvalue weighted by atomic mass is 10.1. The Morgan fingerprint density at radius 1 is 1.00 bits per heavy atom. The van der Waals surface area contributed by atoms with E-state index in [1.165, 1.54) is 12.3 Å². The van der Waals surface area contributed by atoms with Gasteiger partial charge < -0.3 is 0 Å². The summed E-state index contributed by atoms with van der Waals surface area (Å²) in [7, 11) is 0. The zero-order chi connectivity index (χ0) is 10.8. The fraction of sp³-hybridized carbons (Fsp3) is 0. The maximum Gasteiger partial charge on any atom is 0.194 e. The minimum Gasteiger partial charge on any atom is -0.204 e. The second-order valence-corrected chi connectivity index (χ2v) is 2.86. The van der Waals surface area contributed by atoms with Gasteiger partial charge in [0.15, 0.2) is 17.5 Å². The van der Waals surface area contributed by atoms with Gasteiger partial charge in [-0.1, -0.05) is 0 Å². The molecule has 15 heavy (non-hydrogen) atoms. The number of aromatic nitrogens is 2. The highest BCUT2D eigenvalue weighted by Gasteiger charge is 2.11. The van der Waals surface area contributed by atoms with Crippen LogP contribution < -0.4 is 0 Å². The molecule has 0 fully saturated rings. The Labute approximate surface area is 83.4 Å². The van der Waals surface area contributed by atoms with E-state index in [0.29, 0.717) is 0 Å². The molecule has 5 heteroatoms. The molecule has 2 aromatic rings. The first-order valence-electron chi connectivity index (χ1n) is 4.11. The topological polar surface area (TPSA) is 25.8 Å². The average molecular weight is 210 g/mol. The van der Waals surface area contributed by atoms with Gasteiger partial charge in [-0.25, -0.2) is 13.2 Å². The Balaban J connectivity index is 2.56. The fourth-order valence-corrected chi connectivity index (χ4v) is 1.16. The summed E-state index contributed by atoms with van der Waals surface area (Å²) in [5.74, 6) is -3.96. The molecule has 0 saturated heterocycles. The van der Waals surface area contributed by atoms with Gasteiger partial charge in [0, 0.05) is 11.8 Å². The molecule has 0 radical (unpaired) electrons. The third-order valence-electron chi connectivity index (χ3n) is 1.85. The van der Waals surface area contributed by atoms with Crippen LogP contribution in [-0.2, 0) is 0 Å². The van der Waals surface area contributed by atoms with Crippen molar-refractivity contribution in [2.75, 3.05) is 0 Å². The van der Waals surface area contributed by atoms with Crippen molar-refractivity contribution < 1.29 is 13.2 Å². The Hall–Kier alpha value is -1.91. The molecule has 0 aliphatic rings. The van der Waals surface area contributed by atoms with E-state index >= 15 is 0 Å². The lowest BCUT2D eigenvalue weighted by molar-refractivity contribution is 0.447. The molecule has 0 aliphatic heterocycles. The predicted octanol–water partition coefficient (Wildman–Crippen LogP) is 2.56. The second-order valence-electron chi connectivity index (χ2n) is 2.86. The molecule has 0 spiro atoms. The van der Waals surface area contributed by atoms with Crippen LogP contribution in [0.2, 0.25) is 0 Å². The van der Waals surface area contributed by atoms with Gasteiger partial charge in [0.05, 0.1) is 5.69 Å². The Morgan fingerprint density at radius 2 is 1.67 bits per heavy atom. The number of benzene rings is 1. The zero-order valence-electron chi connectivity index (χ0n) is 7.42. The van der Waals surface area contributed by atoms with Gasteiger partial charge in [0.1, 0.15) is 0 Å². The molecular weight excluding hydrogens is 205 g/mol. The van der Waals surface area contributed by atoms with E-state index in [1.54, 1.807) is 6.07 Å². The molecule has 0 saturated carbocycles. The fourth-order valence-electron chi connectivity index (χ4n) is 1.16. The van der Waals surface area contributed by atoms with Crippen molar-refractivity contribution in [3.8, 4) is 11.3 Å². The minimum atomic E-state index is -1.48. The molecule has 2 nitrogen and oxygen atoms in total. The van der Waals surface area contributed by atoms with Gasteiger partial charge in [-0.3, -0.25) is 0 Å². The van der Waals surface area contributed by atoms with Crippen LogP contribution in [0, 0.1) is 17.5 Å². The van der Waals surface area contributed by atoms with Gasteiger partial charge in [0.2, 0.25) is 0 Å². The molecule has 1 heterocycles. The Kier molecular flexibility index (Phi) is 2.37. The highest BCUT2D eigenvalue weighted by atomic mass is 19.2. The summed E-state index contributed by atoms with van der Waals surface area (Å²) in [6, 6.07) is 4.85. The number of halogens is 3. The van der Waals surface area contributed by atoms with Crippen molar-refractivity contribution in [2.24, 2.45) is 0 Å². The molecule has 0 amide bonds. The number of hydrogen-bond donors (Lipinski definition) is 0. The van der Waals surface area contributed by atoms with Crippen LogP contribution in [0.25, 0.3) is 11.3 Å². The first-order chi connectivity index (χ1) is 7.18. The first-order valence-corrected chi connectivity index (χ1v) is 4.11. The quantitative estimate of drug-likeness (QED) is 0.676. The smallest absolute Gasteiger partial charge is 0.194 e. The van der Waals surface area contributed by atoms with Crippen molar-refractivity contribution in [1.29, 1.82) is 0 Å². The van der Waals surface area contributed by atoms with Gasteiger partial charge in [-0.2, -0.15) is 10.2 Å². The van der Waals surface area contributed by atoms with Crippen LogP contribution in [0.3, 0.4) is 0 Å². The number of nitrogens with zero attached hydrogens (tertiary/aromatic N) is 2. The molecule has 1 aromatic carbocycles. The lowest BCUT2D eigenvalue weighted by Crippen LogP contribution is -1.93. The number of hydrogen-bond acceptors (Lipinski definition) is 2. The van der Waals surface area contributed by atoms with Crippen molar-refractivity contribution in [3.05, 3.63) is 47.9 Å². The molecule has 1 aromatic heterocycles. The summed E-state index contributed by atoms with van der Waals surface area (Å²) in [4.78, 5) is 0. The molecule has 76 valence electrons. The van der Waals surface area contributed by atoms with Crippen molar-refractivity contribution in [1.82, 2.24) is 10.2 Å². The summed E-state index contributed by atoms with van der Waals surface area (Å²) in [5.41, 5.74) is 0.440. The maximum atomic E-state index is 12.9. The van der Waals surface area contributed by atoms with Gasteiger partial charge in [-0.15, -0.1) is 0 Å². The van der Waals surface area contributed by atoms with E-state index < -0.39 is 17.5 Å². The molecular formula is C10H5F3N2. The molecule has 0 N–H and O–H groups in total. The van der Waals surface area contributed by atoms with E-state index in [9.17, 15) is 13.2 Å². The Morgan fingerprint density at radius 3 is 2.20 bits per heavy atom. The van der Waals surface area contributed by atoms with E-state index in [4.69, 9.17) is 0 Å². The van der Waals surface area contributed by atoms with Crippen LogP contribution in [0.4, 0.5) is 13.2 Å². The highest BCUT2D eigenvalue weighted by molar-refractivity contribution is 5.58. The zero-order valence-corrected chi connectivity index (χ0v) is 7.42. The lowest BCUT2D eigenvalue weighted by Gasteiger charge is -2.01. The second kappa shape index (κ2) is 3.68. The molecule has 2 rings (SSSR count). The largest absolute Gasteiger partial charge is 0.204 e. The monoisotopic (exact) mass is 210 g/mol. The molecule has 0 aliphatic carbocycles. The third-order valence-corrected chi connectivity index (χ3v) is 1.85. The molecule has 0 bridgehead atoms.